The molecule has 0 aliphatic carbocycles. The van der Waals surface area contributed by atoms with Gasteiger partial charge in [0.15, 0.2) is 8.07 Å². The quantitative estimate of drug-likeness (QED) is 0.387. The summed E-state index contributed by atoms with van der Waals surface area (Å²) >= 11 is 0. The first kappa shape index (κ1) is 17.4. The fraction of sp³-hybridized carbons (Fsp3) is 0.0455. The predicted octanol–water partition coefficient (Wildman–Crippen LogP) is 2.87. The van der Waals surface area contributed by atoms with Gasteiger partial charge in [-0.1, -0.05) is 54.6 Å². The van der Waals surface area contributed by atoms with E-state index in [0.29, 0.717) is 6.17 Å². The molecule has 4 rings (SSSR count). The molecule has 0 bridgehead atoms. The van der Waals surface area contributed by atoms with Gasteiger partial charge in [0.25, 0.3) is 0 Å². The molecule has 1 heterocycles. The van der Waals surface area contributed by atoms with Crippen molar-refractivity contribution in [2.24, 2.45) is 0 Å². The maximum atomic E-state index is 13.7. The van der Waals surface area contributed by atoms with Crippen LogP contribution in [-0.4, -0.2) is 17.6 Å². The zero-order valence-electron chi connectivity index (χ0n) is 14.6. The molecule has 4 aromatic rings. The fourth-order valence-electron chi connectivity index (χ4n) is 3.62. The van der Waals surface area contributed by atoms with Crippen LogP contribution in [0, 0.1) is 11.6 Å². The highest BCUT2D eigenvalue weighted by atomic mass is 28.3. The lowest BCUT2D eigenvalue weighted by Gasteiger charge is -2.34. The fourth-order valence-corrected chi connectivity index (χ4v) is 8.13. The van der Waals surface area contributed by atoms with Gasteiger partial charge in [-0.2, -0.15) is 0 Å². The summed E-state index contributed by atoms with van der Waals surface area (Å²) in [5.74, 6) is -0.534. The van der Waals surface area contributed by atoms with Gasteiger partial charge in [-0.05, 0) is 39.8 Å². The first-order valence-corrected chi connectivity index (χ1v) is 10.9. The highest BCUT2D eigenvalue weighted by Gasteiger charge is 2.39. The van der Waals surface area contributed by atoms with Crippen LogP contribution in [0.5, 0.6) is 0 Å². The number of nitrogens with zero attached hydrogens (tertiary/aromatic N) is 2. The third-order valence-electron chi connectivity index (χ3n) is 4.92. The molecule has 2 nitrogen and oxygen atoms in total. The summed E-state index contributed by atoms with van der Waals surface area (Å²) in [5, 5.41) is 3.31. The number of imidazole rings is 1. The molecule has 5 heteroatoms. The van der Waals surface area contributed by atoms with Gasteiger partial charge >= 0.3 is 0 Å². The molecule has 0 amide bonds. The number of benzene rings is 3. The molecule has 0 atom stereocenters. The van der Waals surface area contributed by atoms with Crippen LogP contribution in [0.15, 0.2) is 97.6 Å². The largest absolute Gasteiger partial charge is 0.339 e. The average Bonchev–Trinajstić information content (AvgIpc) is 3.21. The number of hydrogen-bond donors (Lipinski definition) is 0. The van der Waals surface area contributed by atoms with E-state index < -0.39 is 8.07 Å². The minimum Gasteiger partial charge on any atom is -0.339 e. The Labute approximate surface area is 157 Å². The molecular formula is C22H18F2N2Si. The predicted molar refractivity (Wildman–Crippen MR) is 106 cm³/mol. The summed E-state index contributed by atoms with van der Waals surface area (Å²) < 4.78 is 29.4. The molecule has 0 aliphatic rings. The van der Waals surface area contributed by atoms with E-state index in [9.17, 15) is 8.78 Å². The van der Waals surface area contributed by atoms with Gasteiger partial charge in [0.05, 0.1) is 6.33 Å². The van der Waals surface area contributed by atoms with Gasteiger partial charge in [-0.25, -0.2) is 13.8 Å². The zero-order valence-corrected chi connectivity index (χ0v) is 15.6. The normalized spacial score (nSPS) is 11.5. The van der Waals surface area contributed by atoms with Crippen molar-refractivity contribution in [1.29, 1.82) is 0 Å². The number of aromatic nitrogens is 2. The Morgan fingerprint density at radius 2 is 1.22 bits per heavy atom. The zero-order chi connectivity index (χ0) is 18.7. The van der Waals surface area contributed by atoms with Crippen molar-refractivity contribution < 1.29 is 8.78 Å². The molecule has 134 valence electrons. The van der Waals surface area contributed by atoms with E-state index in [-0.39, 0.29) is 11.6 Å². The van der Waals surface area contributed by atoms with E-state index in [4.69, 9.17) is 0 Å². The molecule has 0 unspecified atom stereocenters. The molecule has 3 aromatic carbocycles. The first-order valence-electron chi connectivity index (χ1n) is 8.72. The SMILES string of the molecule is Fc1ccc([Si](Cn2ccnc2)(c2ccccc2)c2ccc(F)cc2)cc1. The molecule has 0 radical (unpaired) electrons. The van der Waals surface area contributed by atoms with Gasteiger partial charge in [-0.3, -0.25) is 0 Å². The van der Waals surface area contributed by atoms with Crippen molar-refractivity contribution in [3.8, 4) is 0 Å². The van der Waals surface area contributed by atoms with E-state index in [1.54, 1.807) is 12.5 Å². The first-order chi connectivity index (χ1) is 13.2. The molecule has 0 fully saturated rings. The van der Waals surface area contributed by atoms with Crippen molar-refractivity contribution in [3.63, 3.8) is 0 Å². The second-order valence-corrected chi connectivity index (χ2v) is 10.4. The van der Waals surface area contributed by atoms with Crippen LogP contribution < -0.4 is 15.6 Å². The molecule has 27 heavy (non-hydrogen) atoms. The molecule has 1 aromatic heterocycles. The number of rotatable bonds is 5. The van der Waals surface area contributed by atoms with Crippen LogP contribution in [0.1, 0.15) is 0 Å². The van der Waals surface area contributed by atoms with Crippen molar-refractivity contribution in [3.05, 3.63) is 109 Å². The Bertz CT molecular complexity index is 953. The smallest absolute Gasteiger partial charge is 0.168 e. The van der Waals surface area contributed by atoms with Crippen LogP contribution in [-0.2, 0) is 6.17 Å². The standard InChI is InChI=1S/C22H18F2N2Si/c23-18-6-10-21(11-7-18)27(17-26-15-14-25-16-26,20-4-2-1-3-5-20)22-12-8-19(24)9-13-22/h1-16H,17H2. The minimum atomic E-state index is -2.58. The van der Waals surface area contributed by atoms with Gasteiger partial charge in [0, 0.05) is 18.6 Å². The summed E-state index contributed by atoms with van der Waals surface area (Å²) in [5.41, 5.74) is 0. The monoisotopic (exact) mass is 376 g/mol. The second kappa shape index (κ2) is 7.29. The number of hydrogen-bond acceptors (Lipinski definition) is 1. The summed E-state index contributed by atoms with van der Waals surface area (Å²) in [6, 6.07) is 23.6. The van der Waals surface area contributed by atoms with Crippen LogP contribution in [0.25, 0.3) is 0 Å². The molecule has 0 N–H and O–H groups in total. The Morgan fingerprint density at radius 3 is 1.70 bits per heavy atom. The topological polar surface area (TPSA) is 17.8 Å². The van der Waals surface area contributed by atoms with Gasteiger partial charge in [0.1, 0.15) is 11.6 Å². The van der Waals surface area contributed by atoms with E-state index in [2.05, 4.69) is 17.1 Å². The van der Waals surface area contributed by atoms with E-state index in [1.807, 2.05) is 53.2 Å². The van der Waals surface area contributed by atoms with Crippen LogP contribution >= 0.6 is 0 Å². The lowest BCUT2D eigenvalue weighted by molar-refractivity contribution is 0.628. The van der Waals surface area contributed by atoms with E-state index >= 15 is 0 Å². The second-order valence-electron chi connectivity index (χ2n) is 6.52. The Balaban J connectivity index is 2.01. The van der Waals surface area contributed by atoms with Gasteiger partial charge in [0.2, 0.25) is 0 Å². The highest BCUT2D eigenvalue weighted by Crippen LogP contribution is 2.12. The van der Waals surface area contributed by atoms with Crippen LogP contribution in [0.2, 0.25) is 0 Å². The molecule has 0 spiro atoms. The molecule has 0 saturated heterocycles. The van der Waals surface area contributed by atoms with Crippen molar-refractivity contribution >= 4 is 23.6 Å². The van der Waals surface area contributed by atoms with Crippen LogP contribution in [0.4, 0.5) is 8.78 Å². The van der Waals surface area contributed by atoms with Crippen molar-refractivity contribution in [2.75, 3.05) is 0 Å². The average molecular weight is 376 g/mol. The summed E-state index contributed by atoms with van der Waals surface area (Å²) in [6.07, 6.45) is 6.16. The highest BCUT2D eigenvalue weighted by molar-refractivity contribution is 7.10. The molecule has 0 saturated carbocycles. The van der Waals surface area contributed by atoms with Gasteiger partial charge < -0.3 is 4.57 Å². The van der Waals surface area contributed by atoms with Crippen molar-refractivity contribution in [1.82, 2.24) is 9.55 Å². The third-order valence-corrected chi connectivity index (χ3v) is 9.72. The van der Waals surface area contributed by atoms with E-state index in [1.165, 1.54) is 29.5 Å². The maximum Gasteiger partial charge on any atom is 0.168 e. The Hall–Kier alpha value is -3.05. The summed E-state index contributed by atoms with van der Waals surface area (Å²) in [7, 11) is -2.58. The van der Waals surface area contributed by atoms with E-state index in [0.717, 1.165) is 10.4 Å². The van der Waals surface area contributed by atoms with Gasteiger partial charge in [-0.15, -0.1) is 0 Å². The summed E-state index contributed by atoms with van der Waals surface area (Å²) in [6.45, 7) is 0. The Morgan fingerprint density at radius 1 is 0.704 bits per heavy atom. The maximum absolute atomic E-state index is 13.7. The minimum absolute atomic E-state index is 0.267. The lowest BCUT2D eigenvalue weighted by Crippen LogP contribution is -2.69. The molecule has 0 aliphatic heterocycles. The summed E-state index contributed by atoms with van der Waals surface area (Å²) in [4.78, 5) is 4.18. The number of halogens is 2. The van der Waals surface area contributed by atoms with Crippen LogP contribution in [0.3, 0.4) is 0 Å². The third kappa shape index (κ3) is 3.33. The molecular weight excluding hydrogens is 358 g/mol. The lowest BCUT2D eigenvalue weighted by atomic mass is 10.3. The Kier molecular flexibility index (Phi) is 4.69. The van der Waals surface area contributed by atoms with Crippen molar-refractivity contribution in [2.45, 2.75) is 6.17 Å².